The van der Waals surface area contributed by atoms with E-state index in [9.17, 15) is 4.79 Å². The Bertz CT molecular complexity index is 205. The minimum absolute atomic E-state index is 0. The summed E-state index contributed by atoms with van der Waals surface area (Å²) in [6.07, 6.45) is 2.16. The summed E-state index contributed by atoms with van der Waals surface area (Å²) in [7, 11) is 0. The zero-order valence-electron chi connectivity index (χ0n) is 10.7. The molecule has 3 nitrogen and oxygen atoms in total. The van der Waals surface area contributed by atoms with E-state index in [0.29, 0.717) is 11.8 Å². The molecule has 1 saturated heterocycles. The molecule has 0 aromatic rings. The average molecular weight is 249 g/mol. The molecule has 0 aliphatic carbocycles. The second-order valence-electron chi connectivity index (χ2n) is 4.58. The molecule has 1 N–H and O–H groups in total. The van der Waals surface area contributed by atoms with Gasteiger partial charge in [0.15, 0.2) is 0 Å². The molecule has 0 aromatic heterocycles. The van der Waals surface area contributed by atoms with Crippen LogP contribution in [0, 0.1) is 11.8 Å². The molecule has 4 heteroatoms. The number of hydrogen-bond acceptors (Lipinski definition) is 2. The summed E-state index contributed by atoms with van der Waals surface area (Å²) < 4.78 is 0. The van der Waals surface area contributed by atoms with Crippen molar-refractivity contribution in [3.05, 3.63) is 0 Å². The first-order chi connectivity index (χ1) is 7.19. The highest BCUT2D eigenvalue weighted by Gasteiger charge is 2.26. The standard InChI is InChI=1S/C12H24N2O.ClH/c1-4-10(3)9-14(5-2)12(15)11-6-7-13-8-11;/h10-11,13H,4-9H2,1-3H3;1H. The van der Waals surface area contributed by atoms with Crippen LogP contribution in [0.25, 0.3) is 0 Å². The number of nitrogens with zero attached hydrogens (tertiary/aromatic N) is 1. The Morgan fingerprint density at radius 3 is 2.62 bits per heavy atom. The molecule has 2 atom stereocenters. The molecular formula is C12H25ClN2O. The fourth-order valence-electron chi connectivity index (χ4n) is 2.00. The molecule has 1 aliphatic rings. The number of nitrogens with one attached hydrogen (secondary N) is 1. The number of carbonyl (C=O) groups is 1. The summed E-state index contributed by atoms with van der Waals surface area (Å²) in [6, 6.07) is 0. The summed E-state index contributed by atoms with van der Waals surface area (Å²) in [4.78, 5) is 14.1. The largest absolute Gasteiger partial charge is 0.342 e. The van der Waals surface area contributed by atoms with Gasteiger partial charge in [-0.15, -0.1) is 12.4 Å². The fraction of sp³-hybridized carbons (Fsp3) is 0.917. The molecule has 1 fully saturated rings. The van der Waals surface area contributed by atoms with Crippen LogP contribution in [0.1, 0.15) is 33.6 Å². The van der Waals surface area contributed by atoms with E-state index in [2.05, 4.69) is 26.1 Å². The summed E-state index contributed by atoms with van der Waals surface area (Å²) in [6.45, 7) is 10.1. The third-order valence-electron chi connectivity index (χ3n) is 3.33. The van der Waals surface area contributed by atoms with Gasteiger partial charge in [-0.2, -0.15) is 0 Å². The predicted octanol–water partition coefficient (Wildman–Crippen LogP) is 1.91. The van der Waals surface area contributed by atoms with Gasteiger partial charge in [0.2, 0.25) is 5.91 Å². The van der Waals surface area contributed by atoms with Gasteiger partial charge in [-0.1, -0.05) is 20.3 Å². The van der Waals surface area contributed by atoms with Crippen LogP contribution >= 0.6 is 12.4 Å². The highest BCUT2D eigenvalue weighted by atomic mass is 35.5. The molecule has 96 valence electrons. The van der Waals surface area contributed by atoms with E-state index in [1.54, 1.807) is 0 Å². The van der Waals surface area contributed by atoms with Crippen molar-refractivity contribution in [2.24, 2.45) is 11.8 Å². The smallest absolute Gasteiger partial charge is 0.227 e. The SMILES string of the molecule is CCC(C)CN(CC)C(=O)C1CCNC1.Cl. The van der Waals surface area contributed by atoms with Crippen molar-refractivity contribution in [3.8, 4) is 0 Å². The third kappa shape index (κ3) is 4.30. The average Bonchev–Trinajstić information content (AvgIpc) is 2.77. The van der Waals surface area contributed by atoms with Crippen molar-refractivity contribution in [2.45, 2.75) is 33.6 Å². The Kier molecular flexibility index (Phi) is 7.77. The lowest BCUT2D eigenvalue weighted by Crippen LogP contribution is -2.39. The van der Waals surface area contributed by atoms with E-state index in [0.717, 1.165) is 39.0 Å². The number of rotatable bonds is 5. The topological polar surface area (TPSA) is 32.3 Å². The number of amides is 1. The minimum Gasteiger partial charge on any atom is -0.342 e. The normalized spacial score (nSPS) is 21.3. The van der Waals surface area contributed by atoms with Crippen LogP contribution in [0.5, 0.6) is 0 Å². The van der Waals surface area contributed by atoms with Crippen LogP contribution in [0.2, 0.25) is 0 Å². The molecule has 0 bridgehead atoms. The van der Waals surface area contributed by atoms with E-state index in [-0.39, 0.29) is 18.3 Å². The molecule has 0 spiro atoms. The molecule has 1 aliphatic heterocycles. The van der Waals surface area contributed by atoms with Crippen LogP contribution in [0.4, 0.5) is 0 Å². The van der Waals surface area contributed by atoms with E-state index in [1.165, 1.54) is 0 Å². The van der Waals surface area contributed by atoms with Crippen molar-refractivity contribution in [1.82, 2.24) is 10.2 Å². The van der Waals surface area contributed by atoms with Gasteiger partial charge in [-0.25, -0.2) is 0 Å². The first kappa shape index (κ1) is 15.7. The lowest BCUT2D eigenvalue weighted by atomic mass is 10.0. The molecule has 1 heterocycles. The molecule has 0 radical (unpaired) electrons. The maximum atomic E-state index is 12.1. The van der Waals surface area contributed by atoms with Gasteiger partial charge >= 0.3 is 0 Å². The van der Waals surface area contributed by atoms with Crippen molar-refractivity contribution >= 4 is 18.3 Å². The predicted molar refractivity (Wildman–Crippen MR) is 69.9 cm³/mol. The monoisotopic (exact) mass is 248 g/mol. The Morgan fingerprint density at radius 2 is 2.19 bits per heavy atom. The molecule has 1 amide bonds. The van der Waals surface area contributed by atoms with Gasteiger partial charge in [0.25, 0.3) is 0 Å². The van der Waals surface area contributed by atoms with Gasteiger partial charge < -0.3 is 10.2 Å². The first-order valence-electron chi connectivity index (χ1n) is 6.18. The Hall–Kier alpha value is -0.280. The van der Waals surface area contributed by atoms with E-state index in [1.807, 2.05) is 4.90 Å². The highest BCUT2D eigenvalue weighted by Crippen LogP contribution is 2.13. The molecular weight excluding hydrogens is 224 g/mol. The van der Waals surface area contributed by atoms with Crippen molar-refractivity contribution in [3.63, 3.8) is 0 Å². The minimum atomic E-state index is 0. The van der Waals surface area contributed by atoms with E-state index < -0.39 is 0 Å². The first-order valence-corrected chi connectivity index (χ1v) is 6.18. The highest BCUT2D eigenvalue weighted by molar-refractivity contribution is 5.85. The zero-order valence-corrected chi connectivity index (χ0v) is 11.5. The van der Waals surface area contributed by atoms with Gasteiger partial charge in [-0.05, 0) is 25.8 Å². The van der Waals surface area contributed by atoms with Crippen molar-refractivity contribution in [1.29, 1.82) is 0 Å². The Morgan fingerprint density at radius 1 is 1.50 bits per heavy atom. The van der Waals surface area contributed by atoms with Gasteiger partial charge in [-0.3, -0.25) is 4.79 Å². The fourth-order valence-corrected chi connectivity index (χ4v) is 2.00. The van der Waals surface area contributed by atoms with Crippen LogP contribution in [0.3, 0.4) is 0 Å². The van der Waals surface area contributed by atoms with Gasteiger partial charge in [0.1, 0.15) is 0 Å². The lowest BCUT2D eigenvalue weighted by Gasteiger charge is -2.26. The molecule has 2 unspecified atom stereocenters. The van der Waals surface area contributed by atoms with Crippen molar-refractivity contribution in [2.75, 3.05) is 26.2 Å². The summed E-state index contributed by atoms with van der Waals surface area (Å²) in [5.41, 5.74) is 0. The molecule has 0 aromatic carbocycles. The summed E-state index contributed by atoms with van der Waals surface area (Å²) in [5, 5.41) is 3.25. The third-order valence-corrected chi connectivity index (χ3v) is 3.33. The van der Waals surface area contributed by atoms with Crippen LogP contribution in [-0.4, -0.2) is 37.0 Å². The lowest BCUT2D eigenvalue weighted by molar-refractivity contribution is -0.135. The summed E-state index contributed by atoms with van der Waals surface area (Å²) >= 11 is 0. The molecule has 1 rings (SSSR count). The van der Waals surface area contributed by atoms with E-state index in [4.69, 9.17) is 0 Å². The maximum absolute atomic E-state index is 12.1. The quantitative estimate of drug-likeness (QED) is 0.806. The van der Waals surface area contributed by atoms with Crippen LogP contribution in [0.15, 0.2) is 0 Å². The maximum Gasteiger partial charge on any atom is 0.227 e. The van der Waals surface area contributed by atoms with Gasteiger partial charge in [0.05, 0.1) is 5.92 Å². The Labute approximate surface area is 105 Å². The summed E-state index contributed by atoms with van der Waals surface area (Å²) in [5.74, 6) is 1.19. The molecule has 0 saturated carbocycles. The van der Waals surface area contributed by atoms with Crippen molar-refractivity contribution < 1.29 is 4.79 Å². The second kappa shape index (κ2) is 7.91. The number of halogens is 1. The van der Waals surface area contributed by atoms with Gasteiger partial charge in [0, 0.05) is 19.6 Å². The van der Waals surface area contributed by atoms with E-state index >= 15 is 0 Å². The number of hydrogen-bond donors (Lipinski definition) is 1. The number of carbonyl (C=O) groups excluding carboxylic acids is 1. The zero-order chi connectivity index (χ0) is 11.3. The molecule has 16 heavy (non-hydrogen) atoms. The van der Waals surface area contributed by atoms with Crippen LogP contribution < -0.4 is 5.32 Å². The second-order valence-corrected chi connectivity index (χ2v) is 4.58. The Balaban J connectivity index is 0.00000225. The van der Waals surface area contributed by atoms with Crippen LogP contribution in [-0.2, 0) is 4.79 Å².